The molecule has 0 aromatic carbocycles. The summed E-state index contributed by atoms with van der Waals surface area (Å²) in [7, 11) is 0. The molecule has 102 valence electrons. The molecule has 0 bridgehead atoms. The number of hydrogen-bond acceptors (Lipinski definition) is 4. The van der Waals surface area contributed by atoms with E-state index in [0.29, 0.717) is 24.2 Å². The molecule has 0 saturated heterocycles. The lowest BCUT2D eigenvalue weighted by atomic mass is 10.2. The molecule has 0 radical (unpaired) electrons. The van der Waals surface area contributed by atoms with Crippen molar-refractivity contribution < 1.29 is 9.90 Å². The largest absolute Gasteiger partial charge is 0.481 e. The first kappa shape index (κ1) is 13.7. The van der Waals surface area contributed by atoms with E-state index in [2.05, 4.69) is 4.98 Å². The number of nitrogens with zero attached hydrogens (tertiary/aromatic N) is 2. The summed E-state index contributed by atoms with van der Waals surface area (Å²) in [5.41, 5.74) is 0.916. The molecule has 0 saturated carbocycles. The van der Waals surface area contributed by atoms with Crippen molar-refractivity contribution in [2.45, 2.75) is 40.2 Å². The average molecular weight is 280 g/mol. The van der Waals surface area contributed by atoms with Gasteiger partial charge in [0.15, 0.2) is 0 Å². The average Bonchev–Trinajstić information content (AvgIpc) is 2.59. The maximum absolute atomic E-state index is 12.4. The van der Waals surface area contributed by atoms with Crippen molar-refractivity contribution in [2.24, 2.45) is 0 Å². The van der Waals surface area contributed by atoms with Gasteiger partial charge >= 0.3 is 5.97 Å². The number of rotatable bonds is 4. The third kappa shape index (κ3) is 2.53. The van der Waals surface area contributed by atoms with Crippen molar-refractivity contribution in [3.05, 3.63) is 26.6 Å². The van der Waals surface area contributed by atoms with Gasteiger partial charge in [0.25, 0.3) is 5.56 Å². The zero-order chi connectivity index (χ0) is 14.2. The van der Waals surface area contributed by atoms with E-state index >= 15 is 0 Å². The van der Waals surface area contributed by atoms with E-state index in [-0.39, 0.29) is 12.0 Å². The zero-order valence-corrected chi connectivity index (χ0v) is 12.0. The SMILES string of the molecule is Cc1sc2nc(C)n(CCCC(=O)O)c(=O)c2c1C. The Bertz CT molecular complexity index is 700. The molecule has 5 nitrogen and oxygen atoms in total. The van der Waals surface area contributed by atoms with Crippen LogP contribution >= 0.6 is 11.3 Å². The smallest absolute Gasteiger partial charge is 0.303 e. The van der Waals surface area contributed by atoms with Crippen LogP contribution in [0, 0.1) is 20.8 Å². The Kier molecular flexibility index (Phi) is 3.71. The van der Waals surface area contributed by atoms with Crippen LogP contribution in [-0.4, -0.2) is 20.6 Å². The minimum Gasteiger partial charge on any atom is -0.481 e. The fourth-order valence-electron chi connectivity index (χ4n) is 2.08. The lowest BCUT2D eigenvalue weighted by Gasteiger charge is -2.08. The summed E-state index contributed by atoms with van der Waals surface area (Å²) in [6.45, 7) is 6.08. The third-order valence-corrected chi connectivity index (χ3v) is 4.35. The van der Waals surface area contributed by atoms with Gasteiger partial charge in [-0.2, -0.15) is 0 Å². The van der Waals surface area contributed by atoms with Crippen LogP contribution in [0.2, 0.25) is 0 Å². The van der Waals surface area contributed by atoms with Crippen molar-refractivity contribution >= 4 is 27.5 Å². The highest BCUT2D eigenvalue weighted by atomic mass is 32.1. The standard InChI is InChI=1S/C13H16N2O3S/c1-7-8(2)19-12-11(7)13(18)15(9(3)14-12)6-4-5-10(16)17/h4-6H2,1-3H3,(H,16,17). The van der Waals surface area contributed by atoms with Gasteiger partial charge in [0.1, 0.15) is 10.7 Å². The second kappa shape index (κ2) is 5.13. The number of aromatic nitrogens is 2. The van der Waals surface area contributed by atoms with E-state index in [0.717, 1.165) is 15.3 Å². The number of fused-ring (bicyclic) bond motifs is 1. The topological polar surface area (TPSA) is 72.2 Å². The number of aryl methyl sites for hydroxylation is 3. The van der Waals surface area contributed by atoms with Crippen LogP contribution in [0.5, 0.6) is 0 Å². The van der Waals surface area contributed by atoms with Gasteiger partial charge in [-0.05, 0) is 32.8 Å². The Morgan fingerprint density at radius 1 is 1.37 bits per heavy atom. The molecule has 0 fully saturated rings. The Morgan fingerprint density at radius 3 is 2.68 bits per heavy atom. The molecule has 6 heteroatoms. The van der Waals surface area contributed by atoms with E-state index in [1.54, 1.807) is 11.5 Å². The molecule has 19 heavy (non-hydrogen) atoms. The van der Waals surface area contributed by atoms with Crippen LogP contribution in [0.4, 0.5) is 0 Å². The fraction of sp³-hybridized carbons (Fsp3) is 0.462. The molecule has 0 aliphatic heterocycles. The maximum atomic E-state index is 12.4. The van der Waals surface area contributed by atoms with Gasteiger partial charge < -0.3 is 5.11 Å². The zero-order valence-electron chi connectivity index (χ0n) is 11.2. The molecule has 0 atom stereocenters. The van der Waals surface area contributed by atoms with Crippen molar-refractivity contribution in [2.75, 3.05) is 0 Å². The van der Waals surface area contributed by atoms with Crippen molar-refractivity contribution in [1.29, 1.82) is 0 Å². The van der Waals surface area contributed by atoms with Crippen molar-refractivity contribution in [3.8, 4) is 0 Å². The minimum atomic E-state index is -0.845. The molecule has 2 heterocycles. The fourth-order valence-corrected chi connectivity index (χ4v) is 3.15. The molecule has 2 aromatic heterocycles. The third-order valence-electron chi connectivity index (χ3n) is 3.25. The Hall–Kier alpha value is -1.69. The summed E-state index contributed by atoms with van der Waals surface area (Å²) in [5.74, 6) is -0.202. The van der Waals surface area contributed by atoms with Gasteiger partial charge in [-0.25, -0.2) is 4.98 Å². The number of aliphatic carboxylic acids is 1. The molecule has 1 N–H and O–H groups in total. The Balaban J connectivity index is 2.47. The van der Waals surface area contributed by atoms with Crippen LogP contribution in [0.1, 0.15) is 29.1 Å². The van der Waals surface area contributed by atoms with Crippen molar-refractivity contribution in [3.63, 3.8) is 0 Å². The summed E-state index contributed by atoms with van der Waals surface area (Å²) < 4.78 is 1.57. The second-order valence-electron chi connectivity index (χ2n) is 4.58. The van der Waals surface area contributed by atoms with Crippen LogP contribution in [-0.2, 0) is 11.3 Å². The van der Waals surface area contributed by atoms with E-state index < -0.39 is 5.97 Å². The van der Waals surface area contributed by atoms with E-state index in [4.69, 9.17) is 5.11 Å². The Morgan fingerprint density at radius 2 is 2.05 bits per heavy atom. The lowest BCUT2D eigenvalue weighted by Crippen LogP contribution is -2.24. The Labute approximate surface area is 114 Å². The highest BCUT2D eigenvalue weighted by Gasteiger charge is 2.14. The summed E-state index contributed by atoms with van der Waals surface area (Å²) in [6, 6.07) is 0. The molecule has 2 rings (SSSR count). The summed E-state index contributed by atoms with van der Waals surface area (Å²) in [6.07, 6.45) is 0.497. The first-order valence-corrected chi connectivity index (χ1v) is 6.92. The monoisotopic (exact) mass is 280 g/mol. The van der Waals surface area contributed by atoms with Crippen molar-refractivity contribution in [1.82, 2.24) is 9.55 Å². The number of carboxylic acids is 1. The van der Waals surface area contributed by atoms with Gasteiger partial charge in [0.05, 0.1) is 5.39 Å². The quantitative estimate of drug-likeness (QED) is 0.932. The summed E-state index contributed by atoms with van der Waals surface area (Å²) in [5, 5.41) is 9.32. The van der Waals surface area contributed by atoms with Crippen LogP contribution in [0.25, 0.3) is 10.2 Å². The summed E-state index contributed by atoms with van der Waals surface area (Å²) >= 11 is 1.53. The normalized spacial score (nSPS) is 11.1. The molecule has 0 amide bonds. The van der Waals surface area contributed by atoms with Crippen LogP contribution < -0.4 is 5.56 Å². The number of carbonyl (C=O) groups is 1. The van der Waals surface area contributed by atoms with E-state index in [1.807, 2.05) is 13.8 Å². The van der Waals surface area contributed by atoms with Crippen LogP contribution in [0.15, 0.2) is 4.79 Å². The number of thiophene rings is 1. The highest BCUT2D eigenvalue weighted by Crippen LogP contribution is 2.26. The summed E-state index contributed by atoms with van der Waals surface area (Å²) in [4.78, 5) is 29.3. The number of carboxylic acid groups (broad SMARTS) is 1. The van der Waals surface area contributed by atoms with Gasteiger partial charge in [0.2, 0.25) is 0 Å². The molecule has 0 unspecified atom stereocenters. The van der Waals surface area contributed by atoms with Gasteiger partial charge in [-0.15, -0.1) is 11.3 Å². The second-order valence-corrected chi connectivity index (χ2v) is 5.78. The predicted octanol–water partition coefficient (Wildman–Crippen LogP) is 2.25. The van der Waals surface area contributed by atoms with E-state index in [1.165, 1.54) is 11.3 Å². The maximum Gasteiger partial charge on any atom is 0.303 e. The molecule has 0 aliphatic carbocycles. The minimum absolute atomic E-state index is 0.0604. The number of hydrogen-bond donors (Lipinski definition) is 1. The van der Waals surface area contributed by atoms with Crippen LogP contribution in [0.3, 0.4) is 0 Å². The van der Waals surface area contributed by atoms with Gasteiger partial charge in [-0.3, -0.25) is 14.2 Å². The molecule has 2 aromatic rings. The molecule has 0 spiro atoms. The molecule has 0 aliphatic rings. The first-order valence-electron chi connectivity index (χ1n) is 6.10. The van der Waals surface area contributed by atoms with E-state index in [9.17, 15) is 9.59 Å². The first-order chi connectivity index (χ1) is 8.91. The molecular weight excluding hydrogens is 264 g/mol. The van der Waals surface area contributed by atoms with Gasteiger partial charge in [0, 0.05) is 17.8 Å². The van der Waals surface area contributed by atoms with Gasteiger partial charge in [-0.1, -0.05) is 0 Å². The predicted molar refractivity (Wildman–Crippen MR) is 75.0 cm³/mol. The molecular formula is C13H16N2O3S. The highest BCUT2D eigenvalue weighted by molar-refractivity contribution is 7.18. The lowest BCUT2D eigenvalue weighted by molar-refractivity contribution is -0.137.